The molecule has 0 aliphatic heterocycles. The van der Waals surface area contributed by atoms with Crippen molar-refractivity contribution in [2.45, 2.75) is 20.5 Å². The highest BCUT2D eigenvalue weighted by atomic mass is 35.5. The molecule has 2 nitrogen and oxygen atoms in total. The monoisotopic (exact) mass is 261 g/mol. The molecule has 0 saturated heterocycles. The largest absolute Gasteiger partial charge is 0.489 e. The van der Waals surface area contributed by atoms with E-state index in [0.717, 1.165) is 11.3 Å². The Bertz CT molecular complexity index is 546. The number of nitrogen functional groups attached to an aromatic ring is 1. The van der Waals surface area contributed by atoms with E-state index >= 15 is 0 Å². The Balaban J connectivity index is 2.08. The highest BCUT2D eigenvalue weighted by molar-refractivity contribution is 6.33. The first kappa shape index (κ1) is 12.8. The third kappa shape index (κ3) is 3.17. The number of nitrogens with two attached hydrogens (primary N) is 1. The SMILES string of the molecule is Cc1cc(C)cc(OCc2ccc(Cl)c(N)c2)c1. The zero-order valence-corrected chi connectivity index (χ0v) is 11.3. The third-order valence-corrected chi connectivity index (χ3v) is 3.01. The topological polar surface area (TPSA) is 35.2 Å². The van der Waals surface area contributed by atoms with E-state index < -0.39 is 0 Å². The van der Waals surface area contributed by atoms with Gasteiger partial charge in [-0.15, -0.1) is 0 Å². The van der Waals surface area contributed by atoms with Gasteiger partial charge in [0.15, 0.2) is 0 Å². The predicted octanol–water partition coefficient (Wildman–Crippen LogP) is 4.12. The van der Waals surface area contributed by atoms with E-state index in [1.54, 1.807) is 6.07 Å². The Labute approximate surface area is 112 Å². The fourth-order valence-electron chi connectivity index (χ4n) is 1.87. The Morgan fingerprint density at radius 2 is 1.72 bits per heavy atom. The lowest BCUT2D eigenvalue weighted by Crippen LogP contribution is -1.97. The summed E-state index contributed by atoms with van der Waals surface area (Å²) in [4.78, 5) is 0. The lowest BCUT2D eigenvalue weighted by atomic mass is 10.1. The molecular formula is C15H16ClNO. The van der Waals surface area contributed by atoms with Gasteiger partial charge in [-0.25, -0.2) is 0 Å². The summed E-state index contributed by atoms with van der Waals surface area (Å²) in [6.45, 7) is 4.60. The quantitative estimate of drug-likeness (QED) is 0.844. The Hall–Kier alpha value is -1.67. The van der Waals surface area contributed by atoms with Crippen LogP contribution in [-0.2, 0) is 6.61 Å². The first-order valence-electron chi connectivity index (χ1n) is 5.79. The van der Waals surface area contributed by atoms with Gasteiger partial charge in [0.2, 0.25) is 0 Å². The van der Waals surface area contributed by atoms with Gasteiger partial charge in [-0.1, -0.05) is 23.7 Å². The molecule has 0 bridgehead atoms. The highest BCUT2D eigenvalue weighted by Gasteiger charge is 2.01. The van der Waals surface area contributed by atoms with E-state index in [4.69, 9.17) is 22.1 Å². The molecule has 94 valence electrons. The molecule has 0 saturated carbocycles. The number of benzene rings is 2. The summed E-state index contributed by atoms with van der Waals surface area (Å²) in [6, 6.07) is 11.7. The van der Waals surface area contributed by atoms with Crippen LogP contribution in [0.15, 0.2) is 36.4 Å². The summed E-state index contributed by atoms with van der Waals surface area (Å²) in [5, 5.41) is 0.574. The molecule has 0 unspecified atom stereocenters. The van der Waals surface area contributed by atoms with Gasteiger partial charge >= 0.3 is 0 Å². The van der Waals surface area contributed by atoms with Crippen LogP contribution in [0.1, 0.15) is 16.7 Å². The molecule has 0 heterocycles. The van der Waals surface area contributed by atoms with Crippen molar-refractivity contribution in [3.63, 3.8) is 0 Å². The van der Waals surface area contributed by atoms with Gasteiger partial charge in [-0.3, -0.25) is 0 Å². The molecule has 0 radical (unpaired) electrons. The molecule has 3 heteroatoms. The van der Waals surface area contributed by atoms with Crippen LogP contribution >= 0.6 is 11.6 Å². The minimum atomic E-state index is 0.490. The predicted molar refractivity (Wildman–Crippen MR) is 76.1 cm³/mol. The van der Waals surface area contributed by atoms with Crippen molar-refractivity contribution in [1.82, 2.24) is 0 Å². The maximum atomic E-state index is 5.87. The normalized spacial score (nSPS) is 10.4. The summed E-state index contributed by atoms with van der Waals surface area (Å²) in [5.41, 5.74) is 9.73. The van der Waals surface area contributed by atoms with Crippen molar-refractivity contribution in [3.8, 4) is 5.75 Å². The number of ether oxygens (including phenoxy) is 1. The average Bonchev–Trinajstić information content (AvgIpc) is 2.29. The maximum Gasteiger partial charge on any atom is 0.120 e. The van der Waals surface area contributed by atoms with Crippen LogP contribution in [-0.4, -0.2) is 0 Å². The fraction of sp³-hybridized carbons (Fsp3) is 0.200. The van der Waals surface area contributed by atoms with Crippen molar-refractivity contribution in [3.05, 3.63) is 58.1 Å². The van der Waals surface area contributed by atoms with Crippen LogP contribution in [0.2, 0.25) is 5.02 Å². The molecule has 0 spiro atoms. The number of anilines is 1. The fourth-order valence-corrected chi connectivity index (χ4v) is 1.98. The van der Waals surface area contributed by atoms with E-state index in [0.29, 0.717) is 17.3 Å². The van der Waals surface area contributed by atoms with Gasteiger partial charge in [-0.05, 0) is 54.8 Å². The van der Waals surface area contributed by atoms with E-state index in [1.807, 2.05) is 24.3 Å². The molecule has 0 aliphatic rings. The summed E-state index contributed by atoms with van der Waals surface area (Å²) in [6.07, 6.45) is 0. The first-order chi connectivity index (χ1) is 8.54. The lowest BCUT2D eigenvalue weighted by molar-refractivity contribution is 0.306. The van der Waals surface area contributed by atoms with Crippen molar-refractivity contribution in [2.24, 2.45) is 0 Å². The van der Waals surface area contributed by atoms with Crippen LogP contribution in [0.4, 0.5) is 5.69 Å². The smallest absolute Gasteiger partial charge is 0.120 e. The number of hydrogen-bond acceptors (Lipinski definition) is 2. The molecule has 0 atom stereocenters. The molecule has 0 aromatic heterocycles. The van der Waals surface area contributed by atoms with Crippen LogP contribution in [0.5, 0.6) is 5.75 Å². The minimum absolute atomic E-state index is 0.490. The molecule has 2 N–H and O–H groups in total. The van der Waals surface area contributed by atoms with E-state index in [2.05, 4.69) is 19.9 Å². The summed E-state index contributed by atoms with van der Waals surface area (Å²) >= 11 is 5.87. The number of hydrogen-bond donors (Lipinski definition) is 1. The van der Waals surface area contributed by atoms with Crippen molar-refractivity contribution < 1.29 is 4.74 Å². The Morgan fingerprint density at radius 1 is 1.06 bits per heavy atom. The number of rotatable bonds is 3. The summed E-state index contributed by atoms with van der Waals surface area (Å²) in [7, 11) is 0. The first-order valence-corrected chi connectivity index (χ1v) is 6.17. The zero-order valence-electron chi connectivity index (χ0n) is 10.5. The van der Waals surface area contributed by atoms with E-state index in [-0.39, 0.29) is 0 Å². The number of aryl methyl sites for hydroxylation is 2. The maximum absolute atomic E-state index is 5.87. The Kier molecular flexibility index (Phi) is 3.78. The van der Waals surface area contributed by atoms with Crippen molar-refractivity contribution >= 4 is 17.3 Å². The minimum Gasteiger partial charge on any atom is -0.489 e. The number of halogens is 1. The van der Waals surface area contributed by atoms with Crippen LogP contribution in [0.25, 0.3) is 0 Å². The van der Waals surface area contributed by atoms with E-state index in [9.17, 15) is 0 Å². The van der Waals surface area contributed by atoms with Gasteiger partial charge in [0.05, 0.1) is 10.7 Å². The average molecular weight is 262 g/mol. The second-order valence-corrected chi connectivity index (χ2v) is 4.88. The molecule has 0 aliphatic carbocycles. The van der Waals surface area contributed by atoms with Gasteiger partial charge in [0.1, 0.15) is 12.4 Å². The second-order valence-electron chi connectivity index (χ2n) is 4.47. The third-order valence-electron chi connectivity index (χ3n) is 2.66. The van der Waals surface area contributed by atoms with Crippen molar-refractivity contribution in [2.75, 3.05) is 5.73 Å². The summed E-state index contributed by atoms with van der Waals surface area (Å²) < 4.78 is 5.75. The van der Waals surface area contributed by atoms with Gasteiger partial charge in [0, 0.05) is 0 Å². The highest BCUT2D eigenvalue weighted by Crippen LogP contribution is 2.21. The molecule has 2 aromatic rings. The van der Waals surface area contributed by atoms with Gasteiger partial charge in [-0.2, -0.15) is 0 Å². The molecule has 0 amide bonds. The Morgan fingerprint density at radius 3 is 2.33 bits per heavy atom. The molecular weight excluding hydrogens is 246 g/mol. The standard InChI is InChI=1S/C15H16ClNO/c1-10-5-11(2)7-13(6-10)18-9-12-3-4-14(16)15(17)8-12/h3-8H,9,17H2,1-2H3. The van der Waals surface area contributed by atoms with Gasteiger partial charge in [0.25, 0.3) is 0 Å². The van der Waals surface area contributed by atoms with Crippen LogP contribution < -0.4 is 10.5 Å². The summed E-state index contributed by atoms with van der Waals surface area (Å²) in [5.74, 6) is 0.876. The van der Waals surface area contributed by atoms with Crippen molar-refractivity contribution in [1.29, 1.82) is 0 Å². The zero-order chi connectivity index (χ0) is 13.1. The van der Waals surface area contributed by atoms with Crippen LogP contribution in [0.3, 0.4) is 0 Å². The second kappa shape index (κ2) is 5.32. The molecule has 0 fully saturated rings. The molecule has 2 aromatic carbocycles. The van der Waals surface area contributed by atoms with Gasteiger partial charge < -0.3 is 10.5 Å². The van der Waals surface area contributed by atoms with E-state index in [1.165, 1.54) is 11.1 Å². The lowest BCUT2D eigenvalue weighted by Gasteiger charge is -2.09. The molecule has 18 heavy (non-hydrogen) atoms. The van der Waals surface area contributed by atoms with Crippen LogP contribution in [0, 0.1) is 13.8 Å². The molecule has 2 rings (SSSR count).